The highest BCUT2D eigenvalue weighted by Gasteiger charge is 2.49. The zero-order valence-corrected chi connectivity index (χ0v) is 15.7. The zero-order valence-electron chi connectivity index (χ0n) is 15.7. The van der Waals surface area contributed by atoms with Crippen molar-refractivity contribution in [1.29, 1.82) is 0 Å². The third kappa shape index (κ3) is 3.45. The molecule has 1 aliphatic heterocycles. The van der Waals surface area contributed by atoms with Crippen molar-refractivity contribution in [3.8, 4) is 0 Å². The van der Waals surface area contributed by atoms with E-state index in [9.17, 15) is 14.4 Å². The highest BCUT2D eigenvalue weighted by atomic mass is 16.2. The number of hydrogen-bond donors (Lipinski definition) is 2. The summed E-state index contributed by atoms with van der Waals surface area (Å²) in [7, 11) is 0. The van der Waals surface area contributed by atoms with Gasteiger partial charge in [0.05, 0.1) is 0 Å². The average molecular weight is 357 g/mol. The second-order valence-electron chi connectivity index (χ2n) is 7.77. The second kappa shape index (κ2) is 7.09. The van der Waals surface area contributed by atoms with E-state index in [4.69, 9.17) is 0 Å². The van der Waals surface area contributed by atoms with Crippen molar-refractivity contribution in [2.24, 2.45) is 0 Å². The number of rotatable bonds is 5. The summed E-state index contributed by atoms with van der Waals surface area (Å²) in [6, 6.07) is 7.33. The van der Waals surface area contributed by atoms with Crippen molar-refractivity contribution in [3.63, 3.8) is 0 Å². The van der Waals surface area contributed by atoms with E-state index in [1.54, 1.807) is 6.92 Å². The number of nitrogens with zero attached hydrogens (tertiary/aromatic N) is 1. The molecule has 3 rings (SSSR count). The predicted molar refractivity (Wildman–Crippen MR) is 98.5 cm³/mol. The average Bonchev–Trinajstić information content (AvgIpc) is 3.18. The van der Waals surface area contributed by atoms with Crippen LogP contribution in [-0.4, -0.2) is 35.3 Å². The van der Waals surface area contributed by atoms with Gasteiger partial charge in [-0.3, -0.25) is 14.5 Å². The number of carbonyl (C=O) groups excluding carboxylic acids is 3. The van der Waals surface area contributed by atoms with Gasteiger partial charge in [0.1, 0.15) is 12.1 Å². The molecule has 0 radical (unpaired) electrons. The molecule has 1 aliphatic carbocycles. The second-order valence-corrected chi connectivity index (χ2v) is 7.77. The highest BCUT2D eigenvalue weighted by molar-refractivity contribution is 6.09. The van der Waals surface area contributed by atoms with E-state index >= 15 is 0 Å². The fourth-order valence-electron chi connectivity index (χ4n) is 3.72. The molecule has 0 spiro atoms. The molecule has 1 aromatic rings. The van der Waals surface area contributed by atoms with Gasteiger partial charge in [-0.25, -0.2) is 4.79 Å². The summed E-state index contributed by atoms with van der Waals surface area (Å²) in [6.07, 6.45) is 4.15. The number of nitrogens with one attached hydrogen (secondary N) is 2. The molecular weight excluding hydrogens is 330 g/mol. The molecule has 6 heteroatoms. The molecule has 26 heavy (non-hydrogen) atoms. The van der Waals surface area contributed by atoms with Crippen LogP contribution in [0.25, 0.3) is 0 Å². The zero-order chi connectivity index (χ0) is 18.9. The van der Waals surface area contributed by atoms with Gasteiger partial charge in [0.25, 0.3) is 5.91 Å². The van der Waals surface area contributed by atoms with Gasteiger partial charge < -0.3 is 10.6 Å². The summed E-state index contributed by atoms with van der Waals surface area (Å²) in [6.45, 7) is 5.65. The lowest BCUT2D eigenvalue weighted by atomic mass is 9.90. The van der Waals surface area contributed by atoms with Crippen molar-refractivity contribution < 1.29 is 14.4 Å². The maximum Gasteiger partial charge on any atom is 0.325 e. The number of benzene rings is 1. The van der Waals surface area contributed by atoms with E-state index in [0.29, 0.717) is 5.92 Å². The van der Waals surface area contributed by atoms with Gasteiger partial charge in [0.2, 0.25) is 5.91 Å². The van der Waals surface area contributed by atoms with E-state index in [1.165, 1.54) is 5.56 Å². The lowest BCUT2D eigenvalue weighted by Crippen LogP contribution is -2.45. The maximum atomic E-state index is 12.9. The molecule has 1 heterocycles. The minimum absolute atomic E-state index is 0.165. The fraction of sp³-hybridized carbons (Fsp3) is 0.550. The van der Waals surface area contributed by atoms with Crippen molar-refractivity contribution in [3.05, 3.63) is 35.4 Å². The molecular formula is C20H27N3O3. The first-order valence-corrected chi connectivity index (χ1v) is 9.35. The summed E-state index contributed by atoms with van der Waals surface area (Å²) in [5.41, 5.74) is 0.751. The Morgan fingerprint density at radius 3 is 2.42 bits per heavy atom. The Bertz CT molecular complexity index is 708. The minimum atomic E-state index is -1.14. The molecule has 1 atom stereocenters. The lowest BCUT2D eigenvalue weighted by molar-refractivity contribution is -0.135. The maximum absolute atomic E-state index is 12.9. The first-order valence-electron chi connectivity index (χ1n) is 9.35. The lowest BCUT2D eigenvalue weighted by Gasteiger charge is -2.23. The standard InChI is InChI=1S/C20H27N3O3/c1-13(2)14-8-10-15(11-9-14)20(3)18(25)23(19(26)22-20)12-17(24)21-16-6-4-5-7-16/h8-11,13,16H,4-7,12H2,1-3H3,(H,21,24)(H,22,26). The van der Waals surface area contributed by atoms with Crippen LogP contribution < -0.4 is 10.6 Å². The summed E-state index contributed by atoms with van der Waals surface area (Å²) in [4.78, 5) is 38.5. The Balaban J connectivity index is 1.71. The molecule has 0 bridgehead atoms. The smallest absolute Gasteiger partial charge is 0.325 e. The molecule has 0 aromatic heterocycles. The molecule has 2 fully saturated rings. The largest absolute Gasteiger partial charge is 0.352 e. The topological polar surface area (TPSA) is 78.5 Å². The number of amides is 4. The van der Waals surface area contributed by atoms with Gasteiger partial charge >= 0.3 is 6.03 Å². The van der Waals surface area contributed by atoms with Crippen LogP contribution in [0.5, 0.6) is 0 Å². The van der Waals surface area contributed by atoms with Gasteiger partial charge in [0, 0.05) is 6.04 Å². The van der Waals surface area contributed by atoms with Crippen LogP contribution in [0.1, 0.15) is 63.5 Å². The molecule has 2 N–H and O–H groups in total. The molecule has 140 valence electrons. The van der Waals surface area contributed by atoms with Gasteiger partial charge in [-0.15, -0.1) is 0 Å². The van der Waals surface area contributed by atoms with Gasteiger partial charge in [-0.1, -0.05) is 51.0 Å². The normalized spacial score (nSPS) is 23.6. The summed E-state index contributed by atoms with van der Waals surface area (Å²) >= 11 is 0. The van der Waals surface area contributed by atoms with Crippen LogP contribution in [0.3, 0.4) is 0 Å². The quantitative estimate of drug-likeness (QED) is 0.795. The van der Waals surface area contributed by atoms with Crippen LogP contribution in [0.4, 0.5) is 4.79 Å². The Labute approximate surface area is 154 Å². The monoisotopic (exact) mass is 357 g/mol. The first-order chi connectivity index (χ1) is 12.3. The summed E-state index contributed by atoms with van der Waals surface area (Å²) in [5, 5.41) is 5.67. The van der Waals surface area contributed by atoms with E-state index in [0.717, 1.165) is 36.1 Å². The Hall–Kier alpha value is -2.37. The molecule has 1 unspecified atom stereocenters. The van der Waals surface area contributed by atoms with Crippen molar-refractivity contribution in [2.75, 3.05) is 6.54 Å². The molecule has 1 aromatic carbocycles. The Kier molecular flexibility index (Phi) is 5.03. The Morgan fingerprint density at radius 2 is 1.85 bits per heavy atom. The van der Waals surface area contributed by atoms with E-state index < -0.39 is 11.6 Å². The van der Waals surface area contributed by atoms with E-state index in [2.05, 4.69) is 24.5 Å². The fourth-order valence-corrected chi connectivity index (χ4v) is 3.72. The predicted octanol–water partition coefficient (Wildman–Crippen LogP) is 2.64. The van der Waals surface area contributed by atoms with Crippen LogP contribution in [0.2, 0.25) is 0 Å². The van der Waals surface area contributed by atoms with Crippen molar-refractivity contribution in [2.45, 2.75) is 64.0 Å². The van der Waals surface area contributed by atoms with E-state index in [1.807, 2.05) is 24.3 Å². The molecule has 4 amide bonds. The van der Waals surface area contributed by atoms with Crippen LogP contribution in [0, 0.1) is 0 Å². The van der Waals surface area contributed by atoms with Crippen molar-refractivity contribution >= 4 is 17.8 Å². The number of imide groups is 1. The number of carbonyl (C=O) groups is 3. The van der Waals surface area contributed by atoms with E-state index in [-0.39, 0.29) is 24.4 Å². The van der Waals surface area contributed by atoms with Gasteiger partial charge in [0.15, 0.2) is 0 Å². The molecule has 1 saturated heterocycles. The van der Waals surface area contributed by atoms with Gasteiger partial charge in [-0.2, -0.15) is 0 Å². The van der Waals surface area contributed by atoms with Crippen LogP contribution >= 0.6 is 0 Å². The highest BCUT2D eigenvalue weighted by Crippen LogP contribution is 2.30. The van der Waals surface area contributed by atoms with Crippen LogP contribution in [-0.2, 0) is 15.1 Å². The molecule has 1 saturated carbocycles. The first kappa shape index (κ1) is 18.4. The van der Waals surface area contributed by atoms with Crippen molar-refractivity contribution in [1.82, 2.24) is 15.5 Å². The third-order valence-electron chi connectivity index (χ3n) is 5.45. The van der Waals surface area contributed by atoms with Crippen LogP contribution in [0.15, 0.2) is 24.3 Å². The molecule has 2 aliphatic rings. The number of hydrogen-bond acceptors (Lipinski definition) is 3. The Morgan fingerprint density at radius 1 is 1.23 bits per heavy atom. The number of urea groups is 1. The third-order valence-corrected chi connectivity index (χ3v) is 5.45. The minimum Gasteiger partial charge on any atom is -0.352 e. The summed E-state index contributed by atoms with van der Waals surface area (Å²) < 4.78 is 0. The SMILES string of the molecule is CC(C)c1ccc(C2(C)NC(=O)N(CC(=O)NC3CCCC3)C2=O)cc1. The molecule has 6 nitrogen and oxygen atoms in total. The van der Waals surface area contributed by atoms with Gasteiger partial charge in [-0.05, 0) is 36.8 Å². The summed E-state index contributed by atoms with van der Waals surface area (Å²) in [5.74, 6) is -0.275.